The minimum Gasteiger partial charge on any atom is -0.497 e. The van der Waals surface area contributed by atoms with E-state index < -0.39 is 0 Å². The highest BCUT2D eigenvalue weighted by atomic mass is 16.5. The van der Waals surface area contributed by atoms with E-state index in [1.807, 2.05) is 33.0 Å². The summed E-state index contributed by atoms with van der Waals surface area (Å²) in [6.07, 6.45) is 0. The first-order valence-corrected chi connectivity index (χ1v) is 7.59. The summed E-state index contributed by atoms with van der Waals surface area (Å²) in [6.45, 7) is 5.26. The standard InChI is InChI=1S/C18H24N2O2/c1-5-19-18(21)13(2)20(3)12-14-6-7-16-11-17(22-4)9-8-15(16)10-14/h6-11,13H,5,12H2,1-4H3,(H,19,21)/t13-/m1/s1. The molecule has 22 heavy (non-hydrogen) atoms. The Morgan fingerprint density at radius 3 is 2.59 bits per heavy atom. The van der Waals surface area contributed by atoms with E-state index in [0.717, 1.165) is 17.7 Å². The van der Waals surface area contributed by atoms with Crippen LogP contribution in [0.5, 0.6) is 5.75 Å². The molecule has 0 spiro atoms. The lowest BCUT2D eigenvalue weighted by atomic mass is 10.1. The van der Waals surface area contributed by atoms with Crippen LogP contribution in [0.25, 0.3) is 10.8 Å². The van der Waals surface area contributed by atoms with Gasteiger partial charge in [-0.25, -0.2) is 0 Å². The summed E-state index contributed by atoms with van der Waals surface area (Å²) in [4.78, 5) is 13.9. The highest BCUT2D eigenvalue weighted by molar-refractivity contribution is 5.84. The second-order valence-electron chi connectivity index (χ2n) is 5.53. The number of hydrogen-bond acceptors (Lipinski definition) is 3. The van der Waals surface area contributed by atoms with Gasteiger partial charge in [-0.05, 0) is 55.4 Å². The first-order chi connectivity index (χ1) is 10.5. The SMILES string of the molecule is CCNC(=O)[C@@H](C)N(C)Cc1ccc2cc(OC)ccc2c1. The van der Waals surface area contributed by atoms with Crippen LogP contribution in [0.3, 0.4) is 0 Å². The lowest BCUT2D eigenvalue weighted by Crippen LogP contribution is -2.42. The minimum absolute atomic E-state index is 0.0653. The Labute approximate surface area is 132 Å². The van der Waals surface area contributed by atoms with E-state index in [1.54, 1.807) is 7.11 Å². The maximum absolute atomic E-state index is 11.9. The van der Waals surface area contributed by atoms with Crippen LogP contribution in [0.4, 0.5) is 0 Å². The predicted molar refractivity (Wildman–Crippen MR) is 90.1 cm³/mol. The fourth-order valence-corrected chi connectivity index (χ4v) is 2.45. The Kier molecular flexibility index (Phi) is 5.39. The van der Waals surface area contributed by atoms with Gasteiger partial charge in [0.15, 0.2) is 0 Å². The molecule has 0 unspecified atom stereocenters. The fourth-order valence-electron chi connectivity index (χ4n) is 2.45. The van der Waals surface area contributed by atoms with E-state index >= 15 is 0 Å². The number of methoxy groups -OCH3 is 1. The van der Waals surface area contributed by atoms with Crippen LogP contribution < -0.4 is 10.1 Å². The highest BCUT2D eigenvalue weighted by Crippen LogP contribution is 2.22. The van der Waals surface area contributed by atoms with Crippen LogP contribution in [0.1, 0.15) is 19.4 Å². The number of nitrogens with one attached hydrogen (secondary N) is 1. The summed E-state index contributed by atoms with van der Waals surface area (Å²) < 4.78 is 5.25. The Morgan fingerprint density at radius 1 is 1.23 bits per heavy atom. The molecule has 0 aliphatic carbocycles. The van der Waals surface area contributed by atoms with Crippen LogP contribution in [-0.2, 0) is 11.3 Å². The number of carbonyl (C=O) groups is 1. The number of amides is 1. The smallest absolute Gasteiger partial charge is 0.237 e. The number of fused-ring (bicyclic) bond motifs is 1. The van der Waals surface area contributed by atoms with E-state index in [9.17, 15) is 4.79 Å². The monoisotopic (exact) mass is 300 g/mol. The van der Waals surface area contributed by atoms with Gasteiger partial charge in [-0.3, -0.25) is 9.69 Å². The molecule has 0 radical (unpaired) electrons. The zero-order chi connectivity index (χ0) is 16.1. The molecule has 2 rings (SSSR count). The normalized spacial score (nSPS) is 12.4. The van der Waals surface area contributed by atoms with E-state index in [0.29, 0.717) is 6.54 Å². The van der Waals surface area contributed by atoms with Crippen molar-refractivity contribution in [3.63, 3.8) is 0 Å². The van der Waals surface area contributed by atoms with Crippen LogP contribution >= 0.6 is 0 Å². The van der Waals surface area contributed by atoms with Crippen molar-refractivity contribution in [2.45, 2.75) is 26.4 Å². The number of carbonyl (C=O) groups excluding carboxylic acids is 1. The maximum atomic E-state index is 11.9. The molecule has 4 heteroatoms. The first-order valence-electron chi connectivity index (χ1n) is 7.59. The topological polar surface area (TPSA) is 41.6 Å². The molecule has 0 fully saturated rings. The molecule has 0 saturated heterocycles. The third-order valence-corrected chi connectivity index (χ3v) is 3.94. The van der Waals surface area contributed by atoms with Gasteiger partial charge in [-0.2, -0.15) is 0 Å². The zero-order valence-electron chi connectivity index (χ0n) is 13.7. The molecule has 118 valence electrons. The summed E-state index contributed by atoms with van der Waals surface area (Å²) in [5.74, 6) is 0.928. The number of ether oxygens (including phenoxy) is 1. The minimum atomic E-state index is -0.147. The molecule has 1 amide bonds. The van der Waals surface area contributed by atoms with Crippen molar-refractivity contribution >= 4 is 16.7 Å². The highest BCUT2D eigenvalue weighted by Gasteiger charge is 2.17. The molecule has 0 saturated carbocycles. The van der Waals surface area contributed by atoms with Crippen molar-refractivity contribution in [1.82, 2.24) is 10.2 Å². The third-order valence-electron chi connectivity index (χ3n) is 3.94. The van der Waals surface area contributed by atoms with Crippen LogP contribution in [0.15, 0.2) is 36.4 Å². The molecular formula is C18H24N2O2. The second-order valence-corrected chi connectivity index (χ2v) is 5.53. The molecule has 0 bridgehead atoms. The van der Waals surface area contributed by atoms with Gasteiger partial charge >= 0.3 is 0 Å². The lowest BCUT2D eigenvalue weighted by molar-refractivity contribution is -0.125. The lowest BCUT2D eigenvalue weighted by Gasteiger charge is -2.23. The Bertz CT molecular complexity index is 655. The summed E-state index contributed by atoms with van der Waals surface area (Å²) >= 11 is 0. The molecule has 2 aromatic carbocycles. The van der Waals surface area contributed by atoms with Crippen LogP contribution in [0.2, 0.25) is 0 Å². The zero-order valence-corrected chi connectivity index (χ0v) is 13.7. The molecule has 0 heterocycles. The number of hydrogen-bond donors (Lipinski definition) is 1. The summed E-state index contributed by atoms with van der Waals surface area (Å²) in [5.41, 5.74) is 1.19. The average Bonchev–Trinajstić information content (AvgIpc) is 2.53. The van der Waals surface area contributed by atoms with E-state index in [4.69, 9.17) is 4.74 Å². The van der Waals surface area contributed by atoms with Crippen molar-refractivity contribution in [3.8, 4) is 5.75 Å². The van der Waals surface area contributed by atoms with Crippen molar-refractivity contribution in [3.05, 3.63) is 42.0 Å². The fraction of sp³-hybridized carbons (Fsp3) is 0.389. The Morgan fingerprint density at radius 2 is 1.91 bits per heavy atom. The summed E-state index contributed by atoms with van der Waals surface area (Å²) in [5, 5.41) is 5.19. The van der Waals surface area contributed by atoms with Gasteiger partial charge in [0.1, 0.15) is 5.75 Å². The first kappa shape index (κ1) is 16.3. The number of benzene rings is 2. The number of nitrogens with zero attached hydrogens (tertiary/aromatic N) is 1. The maximum Gasteiger partial charge on any atom is 0.237 e. The largest absolute Gasteiger partial charge is 0.497 e. The van der Waals surface area contributed by atoms with Crippen LogP contribution in [0, 0.1) is 0 Å². The molecule has 2 aromatic rings. The van der Waals surface area contributed by atoms with Crippen molar-refractivity contribution in [2.24, 2.45) is 0 Å². The second kappa shape index (κ2) is 7.27. The molecule has 0 aliphatic rings. The van der Waals surface area contributed by atoms with Crippen LogP contribution in [-0.4, -0.2) is 37.6 Å². The van der Waals surface area contributed by atoms with Crippen molar-refractivity contribution < 1.29 is 9.53 Å². The van der Waals surface area contributed by atoms with Gasteiger partial charge in [0.25, 0.3) is 0 Å². The van der Waals surface area contributed by atoms with E-state index in [1.165, 1.54) is 10.9 Å². The van der Waals surface area contributed by atoms with Crippen molar-refractivity contribution in [1.29, 1.82) is 0 Å². The van der Waals surface area contributed by atoms with Gasteiger partial charge in [-0.15, -0.1) is 0 Å². The molecule has 1 atom stereocenters. The molecule has 0 aliphatic heterocycles. The third kappa shape index (κ3) is 3.77. The molecule has 1 N–H and O–H groups in total. The van der Waals surface area contributed by atoms with E-state index in [-0.39, 0.29) is 11.9 Å². The van der Waals surface area contributed by atoms with Crippen molar-refractivity contribution in [2.75, 3.05) is 20.7 Å². The Hall–Kier alpha value is -2.07. The number of likely N-dealkylation sites (N-methyl/N-ethyl adjacent to an activating group) is 2. The molecule has 0 aromatic heterocycles. The van der Waals surface area contributed by atoms with Gasteiger partial charge in [0.2, 0.25) is 5.91 Å². The molecule has 4 nitrogen and oxygen atoms in total. The quantitative estimate of drug-likeness (QED) is 0.892. The Balaban J connectivity index is 2.12. The van der Waals surface area contributed by atoms with E-state index in [2.05, 4.69) is 34.5 Å². The average molecular weight is 300 g/mol. The molecular weight excluding hydrogens is 276 g/mol. The predicted octanol–water partition coefficient (Wildman–Crippen LogP) is 2.80. The van der Waals surface area contributed by atoms with Gasteiger partial charge < -0.3 is 10.1 Å². The summed E-state index contributed by atoms with van der Waals surface area (Å²) in [6, 6.07) is 12.3. The van der Waals surface area contributed by atoms with Gasteiger partial charge in [0, 0.05) is 13.1 Å². The summed E-state index contributed by atoms with van der Waals surface area (Å²) in [7, 11) is 3.64. The number of rotatable bonds is 6. The van der Waals surface area contributed by atoms with Gasteiger partial charge in [0.05, 0.1) is 13.2 Å². The van der Waals surface area contributed by atoms with Gasteiger partial charge in [-0.1, -0.05) is 18.2 Å².